The largest absolute Gasteiger partial charge is 0.476 e. The first-order chi connectivity index (χ1) is 9.66. The molecule has 5 nitrogen and oxygen atoms in total. The fourth-order valence-electron chi connectivity index (χ4n) is 2.47. The highest BCUT2D eigenvalue weighted by atomic mass is 79.9. The number of hydrogen-bond acceptors (Lipinski definition) is 4. The minimum absolute atomic E-state index is 0.0804. The standard InChI is InChI=1S/C14H13BrN2O3/c15-9-4-3-5-11(17-6-1-2-7-17)13(9)12-8-10(14(18)19)16-20-12/h3-5,8H,1-2,6-7H2,(H,18,19). The molecule has 0 amide bonds. The summed E-state index contributed by atoms with van der Waals surface area (Å²) in [6.45, 7) is 2.01. The second-order valence-electron chi connectivity index (χ2n) is 4.71. The number of carbonyl (C=O) groups is 1. The second-order valence-corrected chi connectivity index (χ2v) is 5.56. The Morgan fingerprint density at radius 3 is 2.75 bits per heavy atom. The number of benzene rings is 1. The number of carboxylic acids is 1. The summed E-state index contributed by atoms with van der Waals surface area (Å²) in [5, 5.41) is 12.5. The van der Waals surface area contributed by atoms with Crippen LogP contribution in [0.15, 0.2) is 33.3 Å². The maximum Gasteiger partial charge on any atom is 0.358 e. The van der Waals surface area contributed by atoms with Crippen molar-refractivity contribution < 1.29 is 14.4 Å². The fourth-order valence-corrected chi connectivity index (χ4v) is 3.02. The molecule has 1 aliphatic heterocycles. The van der Waals surface area contributed by atoms with Crippen molar-refractivity contribution in [1.29, 1.82) is 0 Å². The SMILES string of the molecule is O=C(O)c1cc(-c2c(Br)cccc2N2CCCC2)on1. The molecule has 3 rings (SSSR count). The van der Waals surface area contributed by atoms with Crippen LogP contribution in [-0.4, -0.2) is 29.3 Å². The molecular weight excluding hydrogens is 324 g/mol. The highest BCUT2D eigenvalue weighted by Gasteiger charge is 2.22. The predicted octanol–water partition coefficient (Wildman–Crippen LogP) is 3.40. The van der Waals surface area contributed by atoms with Crippen LogP contribution < -0.4 is 4.90 Å². The van der Waals surface area contributed by atoms with Crippen molar-refractivity contribution in [3.05, 3.63) is 34.4 Å². The Hall–Kier alpha value is -1.82. The third kappa shape index (κ3) is 2.31. The third-order valence-corrected chi connectivity index (χ3v) is 4.07. The lowest BCUT2D eigenvalue weighted by molar-refractivity contribution is 0.0686. The number of nitrogens with zero attached hydrogens (tertiary/aromatic N) is 2. The molecule has 6 heteroatoms. The number of rotatable bonds is 3. The van der Waals surface area contributed by atoms with Crippen LogP contribution in [0.5, 0.6) is 0 Å². The van der Waals surface area contributed by atoms with Crippen LogP contribution in [0.4, 0.5) is 5.69 Å². The summed E-state index contributed by atoms with van der Waals surface area (Å²) in [4.78, 5) is 13.2. The lowest BCUT2D eigenvalue weighted by Crippen LogP contribution is -2.18. The van der Waals surface area contributed by atoms with E-state index in [2.05, 4.69) is 26.0 Å². The van der Waals surface area contributed by atoms with Gasteiger partial charge in [-0.15, -0.1) is 0 Å². The molecular formula is C14H13BrN2O3. The van der Waals surface area contributed by atoms with Crippen LogP contribution in [-0.2, 0) is 0 Å². The first kappa shape index (κ1) is 13.2. The molecule has 104 valence electrons. The van der Waals surface area contributed by atoms with Crippen LogP contribution in [0.1, 0.15) is 23.3 Å². The zero-order chi connectivity index (χ0) is 14.1. The van der Waals surface area contributed by atoms with Gasteiger partial charge in [0.2, 0.25) is 0 Å². The van der Waals surface area contributed by atoms with E-state index in [1.165, 1.54) is 18.9 Å². The van der Waals surface area contributed by atoms with E-state index in [1.54, 1.807) is 0 Å². The molecule has 0 spiro atoms. The summed E-state index contributed by atoms with van der Waals surface area (Å²) < 4.78 is 6.08. The van der Waals surface area contributed by atoms with Gasteiger partial charge in [-0.1, -0.05) is 11.2 Å². The molecule has 1 aliphatic rings. The number of aromatic carboxylic acids is 1. The smallest absolute Gasteiger partial charge is 0.358 e. The fraction of sp³-hybridized carbons (Fsp3) is 0.286. The Bertz CT molecular complexity index is 648. The predicted molar refractivity (Wildman–Crippen MR) is 78.0 cm³/mol. The van der Waals surface area contributed by atoms with E-state index in [0.717, 1.165) is 28.8 Å². The van der Waals surface area contributed by atoms with E-state index in [4.69, 9.17) is 9.63 Å². The van der Waals surface area contributed by atoms with E-state index in [9.17, 15) is 4.79 Å². The van der Waals surface area contributed by atoms with Crippen molar-refractivity contribution in [3.8, 4) is 11.3 Å². The number of aromatic nitrogens is 1. The van der Waals surface area contributed by atoms with Crippen LogP contribution >= 0.6 is 15.9 Å². The van der Waals surface area contributed by atoms with Gasteiger partial charge in [0, 0.05) is 29.3 Å². The Kier molecular flexibility index (Phi) is 3.48. The molecule has 0 aliphatic carbocycles. The van der Waals surface area contributed by atoms with Crippen molar-refractivity contribution in [2.24, 2.45) is 0 Å². The Labute approximate surface area is 124 Å². The van der Waals surface area contributed by atoms with E-state index in [0.29, 0.717) is 5.76 Å². The minimum atomic E-state index is -1.09. The highest BCUT2D eigenvalue weighted by Crippen LogP contribution is 2.38. The molecule has 0 saturated carbocycles. The van der Waals surface area contributed by atoms with Gasteiger partial charge < -0.3 is 14.5 Å². The van der Waals surface area contributed by atoms with Gasteiger partial charge in [-0.2, -0.15) is 0 Å². The highest BCUT2D eigenvalue weighted by molar-refractivity contribution is 9.10. The van der Waals surface area contributed by atoms with Crippen LogP contribution in [0.25, 0.3) is 11.3 Å². The normalized spacial score (nSPS) is 14.8. The van der Waals surface area contributed by atoms with Crippen molar-refractivity contribution in [2.75, 3.05) is 18.0 Å². The summed E-state index contributed by atoms with van der Waals surface area (Å²) in [6.07, 6.45) is 2.34. The van der Waals surface area contributed by atoms with Gasteiger partial charge in [0.25, 0.3) is 0 Å². The average Bonchev–Trinajstić information content (AvgIpc) is 3.10. The molecule has 20 heavy (non-hydrogen) atoms. The molecule has 2 aromatic rings. The van der Waals surface area contributed by atoms with Gasteiger partial charge in [0.05, 0.1) is 5.56 Å². The van der Waals surface area contributed by atoms with Crippen LogP contribution in [0.3, 0.4) is 0 Å². The van der Waals surface area contributed by atoms with Crippen LogP contribution in [0, 0.1) is 0 Å². The second kappa shape index (κ2) is 5.28. The third-order valence-electron chi connectivity index (χ3n) is 3.41. The lowest BCUT2D eigenvalue weighted by atomic mass is 10.1. The molecule has 0 bridgehead atoms. The molecule has 2 heterocycles. The zero-order valence-corrected chi connectivity index (χ0v) is 12.3. The van der Waals surface area contributed by atoms with E-state index < -0.39 is 5.97 Å². The van der Waals surface area contributed by atoms with Gasteiger partial charge in [-0.25, -0.2) is 4.79 Å². The maximum atomic E-state index is 10.9. The Morgan fingerprint density at radius 2 is 2.10 bits per heavy atom. The zero-order valence-electron chi connectivity index (χ0n) is 10.7. The number of hydrogen-bond donors (Lipinski definition) is 1. The van der Waals surface area contributed by atoms with Crippen molar-refractivity contribution >= 4 is 27.6 Å². The van der Waals surface area contributed by atoms with Crippen molar-refractivity contribution in [2.45, 2.75) is 12.8 Å². The first-order valence-corrected chi connectivity index (χ1v) is 7.20. The number of halogens is 1. The van der Waals surface area contributed by atoms with Crippen molar-refractivity contribution in [3.63, 3.8) is 0 Å². The van der Waals surface area contributed by atoms with E-state index in [-0.39, 0.29) is 5.69 Å². The van der Waals surface area contributed by atoms with Gasteiger partial charge >= 0.3 is 5.97 Å². The van der Waals surface area contributed by atoms with E-state index in [1.807, 2.05) is 18.2 Å². The van der Waals surface area contributed by atoms with Gasteiger partial charge in [-0.05, 0) is 40.9 Å². The summed E-state index contributed by atoms with van der Waals surface area (Å²) >= 11 is 3.52. The van der Waals surface area contributed by atoms with E-state index >= 15 is 0 Å². The molecule has 0 atom stereocenters. The molecule has 1 aromatic heterocycles. The Morgan fingerprint density at radius 1 is 1.35 bits per heavy atom. The minimum Gasteiger partial charge on any atom is -0.476 e. The van der Waals surface area contributed by atoms with Crippen LogP contribution in [0.2, 0.25) is 0 Å². The molecule has 0 radical (unpaired) electrons. The first-order valence-electron chi connectivity index (χ1n) is 6.40. The lowest BCUT2D eigenvalue weighted by Gasteiger charge is -2.21. The van der Waals surface area contributed by atoms with Gasteiger partial charge in [-0.3, -0.25) is 0 Å². The van der Waals surface area contributed by atoms with Crippen molar-refractivity contribution in [1.82, 2.24) is 5.16 Å². The summed E-state index contributed by atoms with van der Waals surface area (Å²) in [5.41, 5.74) is 1.82. The number of anilines is 1. The summed E-state index contributed by atoms with van der Waals surface area (Å²) in [6, 6.07) is 7.37. The monoisotopic (exact) mass is 336 g/mol. The number of carboxylic acid groups (broad SMARTS) is 1. The summed E-state index contributed by atoms with van der Waals surface area (Å²) in [5.74, 6) is -0.619. The summed E-state index contributed by atoms with van der Waals surface area (Å²) in [7, 11) is 0. The Balaban J connectivity index is 2.08. The molecule has 0 unspecified atom stereocenters. The van der Waals surface area contributed by atoms with Gasteiger partial charge in [0.15, 0.2) is 11.5 Å². The van der Waals surface area contributed by atoms with Gasteiger partial charge in [0.1, 0.15) is 0 Å². The molecule has 1 aromatic carbocycles. The molecule has 1 fully saturated rings. The molecule has 1 N–H and O–H groups in total. The molecule has 1 saturated heterocycles. The quantitative estimate of drug-likeness (QED) is 0.930. The maximum absolute atomic E-state index is 10.9. The topological polar surface area (TPSA) is 66.6 Å². The average molecular weight is 337 g/mol.